The second-order valence-corrected chi connectivity index (χ2v) is 12.6. The first-order valence-corrected chi connectivity index (χ1v) is 18.0. The van der Waals surface area contributed by atoms with Gasteiger partial charge >= 0.3 is 12.2 Å². The first-order valence-electron chi connectivity index (χ1n) is 18.0. The summed E-state index contributed by atoms with van der Waals surface area (Å²) in [5.74, 6) is 0.0342. The summed E-state index contributed by atoms with van der Waals surface area (Å²) in [5.41, 5.74) is 4.25. The third kappa shape index (κ3) is 18.9. The lowest BCUT2D eigenvalue weighted by atomic mass is 9.98. The molecule has 0 bridgehead atoms. The van der Waals surface area contributed by atoms with Crippen LogP contribution in [0.5, 0.6) is 0 Å². The van der Waals surface area contributed by atoms with E-state index in [9.17, 15) is 9.59 Å². The van der Waals surface area contributed by atoms with E-state index in [1.807, 2.05) is 45.0 Å². The molecule has 0 spiro atoms. The van der Waals surface area contributed by atoms with Gasteiger partial charge in [-0.2, -0.15) is 0 Å². The molecule has 14 heteroatoms. The molecule has 292 valence electrons. The molecule has 1 aliphatic carbocycles. The van der Waals surface area contributed by atoms with E-state index in [-0.39, 0.29) is 12.5 Å². The highest BCUT2D eigenvalue weighted by Crippen LogP contribution is 2.44. The zero-order chi connectivity index (χ0) is 37.1. The zero-order valence-corrected chi connectivity index (χ0v) is 31.0. The molecule has 2 amide bonds. The van der Waals surface area contributed by atoms with Crippen LogP contribution in [0.25, 0.3) is 11.1 Å². The van der Waals surface area contributed by atoms with Crippen LogP contribution in [0.3, 0.4) is 0 Å². The number of hydrogen-bond donors (Lipinski definition) is 2. The Balaban J connectivity index is 0.973. The van der Waals surface area contributed by atoms with Crippen LogP contribution in [0.4, 0.5) is 9.59 Å². The van der Waals surface area contributed by atoms with Gasteiger partial charge in [0.25, 0.3) is 0 Å². The summed E-state index contributed by atoms with van der Waals surface area (Å²) < 4.78 is 54.5. The molecule has 0 aromatic heterocycles. The van der Waals surface area contributed by atoms with Gasteiger partial charge in [0.15, 0.2) is 0 Å². The molecule has 1 aliphatic rings. The highest BCUT2D eigenvalue weighted by molar-refractivity contribution is 5.79. The Hall–Kier alpha value is -3.34. The second-order valence-electron chi connectivity index (χ2n) is 12.6. The Morgan fingerprint density at radius 1 is 0.500 bits per heavy atom. The van der Waals surface area contributed by atoms with Crippen LogP contribution in [0.15, 0.2) is 48.5 Å². The number of alkyl carbamates (subject to hydrolysis) is 2. The number of fused-ring (bicyclic) bond motifs is 3. The van der Waals surface area contributed by atoms with Crippen molar-refractivity contribution in [2.75, 3.05) is 125 Å². The van der Waals surface area contributed by atoms with Crippen LogP contribution >= 0.6 is 0 Å². The van der Waals surface area contributed by atoms with Crippen LogP contribution in [0, 0.1) is 0 Å². The molecule has 0 aliphatic heterocycles. The summed E-state index contributed by atoms with van der Waals surface area (Å²) in [6.07, 6.45) is -0.912. The lowest BCUT2D eigenvalue weighted by Crippen LogP contribution is -2.34. The van der Waals surface area contributed by atoms with E-state index in [2.05, 4.69) is 34.9 Å². The first kappa shape index (κ1) is 43.1. The maximum Gasteiger partial charge on any atom is 0.407 e. The third-order valence-electron chi connectivity index (χ3n) is 7.38. The summed E-state index contributed by atoms with van der Waals surface area (Å²) in [7, 11) is 0. The fraction of sp³-hybridized carbons (Fsp3) is 0.632. The van der Waals surface area contributed by atoms with E-state index in [4.69, 9.17) is 47.4 Å². The number of carbonyl (C=O) groups excluding carboxylic acids is 2. The maximum absolute atomic E-state index is 12.2. The molecule has 2 N–H and O–H groups in total. The number of benzene rings is 2. The monoisotopic (exact) mass is 734 g/mol. The molecule has 0 saturated carbocycles. The molecule has 0 unspecified atom stereocenters. The van der Waals surface area contributed by atoms with Gasteiger partial charge in [0.1, 0.15) is 12.2 Å². The minimum absolute atomic E-state index is 0.0342. The van der Waals surface area contributed by atoms with Gasteiger partial charge in [-0.1, -0.05) is 48.5 Å². The standard InChI is InChI=1S/C38H58N2O12/c1-38(2,3)52-37(42)40-13-15-44-17-19-46-21-23-48-25-27-50-29-28-49-26-24-47-22-20-45-18-16-43-14-12-39-36(41)51-30-35-33-10-6-4-8-31(33)32-9-5-7-11-34(32)35/h4-11,35H,12-30H2,1-3H3,(H,39,41)(H,40,42). The van der Waals surface area contributed by atoms with Gasteiger partial charge in [-0.15, -0.1) is 0 Å². The Kier molecular flexibility index (Phi) is 21.9. The van der Waals surface area contributed by atoms with E-state index >= 15 is 0 Å². The zero-order valence-electron chi connectivity index (χ0n) is 31.0. The molecule has 52 heavy (non-hydrogen) atoms. The number of carbonyl (C=O) groups is 2. The second kappa shape index (κ2) is 26.4. The van der Waals surface area contributed by atoms with Crippen molar-refractivity contribution < 1.29 is 57.0 Å². The quantitative estimate of drug-likeness (QED) is 0.116. The van der Waals surface area contributed by atoms with Gasteiger partial charge in [-0.3, -0.25) is 0 Å². The largest absolute Gasteiger partial charge is 0.449 e. The molecule has 2 aromatic carbocycles. The van der Waals surface area contributed by atoms with E-state index in [0.29, 0.717) is 119 Å². The topological polar surface area (TPSA) is 151 Å². The molecule has 14 nitrogen and oxygen atoms in total. The van der Waals surface area contributed by atoms with Crippen molar-refractivity contribution in [2.45, 2.75) is 32.3 Å². The molecule has 0 fully saturated rings. The summed E-state index contributed by atoms with van der Waals surface area (Å²) in [4.78, 5) is 23.7. The molecule has 0 radical (unpaired) electrons. The minimum Gasteiger partial charge on any atom is -0.449 e. The van der Waals surface area contributed by atoms with Crippen molar-refractivity contribution in [3.05, 3.63) is 59.7 Å². The first-order chi connectivity index (χ1) is 25.3. The van der Waals surface area contributed by atoms with Gasteiger partial charge in [0.2, 0.25) is 0 Å². The number of hydrogen-bond acceptors (Lipinski definition) is 12. The fourth-order valence-electron chi connectivity index (χ4n) is 5.06. The molecule has 0 atom stereocenters. The molecular formula is C38H58N2O12. The van der Waals surface area contributed by atoms with Crippen LogP contribution in [-0.2, 0) is 47.4 Å². The maximum atomic E-state index is 12.2. The Morgan fingerprint density at radius 2 is 0.827 bits per heavy atom. The number of amides is 2. The Morgan fingerprint density at radius 3 is 1.19 bits per heavy atom. The predicted molar refractivity (Wildman–Crippen MR) is 194 cm³/mol. The molecule has 0 heterocycles. The highest BCUT2D eigenvalue weighted by Gasteiger charge is 2.29. The number of nitrogens with one attached hydrogen (secondary N) is 2. The lowest BCUT2D eigenvalue weighted by Gasteiger charge is -2.19. The number of rotatable bonds is 29. The van der Waals surface area contributed by atoms with E-state index in [0.717, 1.165) is 0 Å². The normalized spacial score (nSPS) is 12.4. The minimum atomic E-state index is -0.517. The Labute approximate surface area is 308 Å². The van der Waals surface area contributed by atoms with Crippen LogP contribution in [0.1, 0.15) is 37.8 Å². The van der Waals surface area contributed by atoms with Crippen molar-refractivity contribution in [3.8, 4) is 11.1 Å². The fourth-order valence-corrected chi connectivity index (χ4v) is 5.06. The molecule has 2 aromatic rings. The van der Waals surface area contributed by atoms with E-state index in [1.54, 1.807) is 0 Å². The van der Waals surface area contributed by atoms with E-state index in [1.165, 1.54) is 22.3 Å². The van der Waals surface area contributed by atoms with E-state index < -0.39 is 17.8 Å². The van der Waals surface area contributed by atoms with Crippen molar-refractivity contribution in [3.63, 3.8) is 0 Å². The summed E-state index contributed by atoms with van der Waals surface area (Å²) >= 11 is 0. The summed E-state index contributed by atoms with van der Waals surface area (Å²) in [6.45, 7) is 13.6. The number of ether oxygens (including phenoxy) is 10. The van der Waals surface area contributed by atoms with Crippen molar-refractivity contribution in [1.82, 2.24) is 10.6 Å². The lowest BCUT2D eigenvalue weighted by molar-refractivity contribution is -0.0229. The Bertz CT molecular complexity index is 1210. The van der Waals surface area contributed by atoms with Crippen molar-refractivity contribution >= 4 is 12.2 Å². The van der Waals surface area contributed by atoms with Crippen molar-refractivity contribution in [2.24, 2.45) is 0 Å². The van der Waals surface area contributed by atoms with Crippen LogP contribution in [0.2, 0.25) is 0 Å². The van der Waals surface area contributed by atoms with Crippen LogP contribution in [-0.4, -0.2) is 143 Å². The predicted octanol–water partition coefficient (Wildman–Crippen LogP) is 4.18. The van der Waals surface area contributed by atoms with Gasteiger partial charge < -0.3 is 58.0 Å². The SMILES string of the molecule is CC(C)(C)OC(=O)NCCOCCOCCOCCOCCOCCOCCOCCOCCNC(=O)OCC1c2ccccc2-c2ccccc21. The van der Waals surface area contributed by atoms with Crippen molar-refractivity contribution in [1.29, 1.82) is 0 Å². The summed E-state index contributed by atoms with van der Waals surface area (Å²) in [6, 6.07) is 16.5. The van der Waals surface area contributed by atoms with Gasteiger partial charge in [-0.25, -0.2) is 9.59 Å². The molecule has 0 saturated heterocycles. The third-order valence-corrected chi connectivity index (χ3v) is 7.38. The summed E-state index contributed by atoms with van der Waals surface area (Å²) in [5, 5.41) is 5.37. The van der Waals surface area contributed by atoms with Gasteiger partial charge in [0, 0.05) is 19.0 Å². The van der Waals surface area contributed by atoms with Crippen LogP contribution < -0.4 is 10.6 Å². The average molecular weight is 735 g/mol. The highest BCUT2D eigenvalue weighted by atomic mass is 16.6. The average Bonchev–Trinajstić information content (AvgIpc) is 3.44. The van der Waals surface area contributed by atoms with Gasteiger partial charge in [-0.05, 0) is 43.0 Å². The molecule has 3 rings (SSSR count). The molecular weight excluding hydrogens is 676 g/mol. The smallest absolute Gasteiger partial charge is 0.407 e. The van der Waals surface area contributed by atoms with Gasteiger partial charge in [0.05, 0.1) is 106 Å².